The minimum atomic E-state index is -0.696. The fourth-order valence-electron chi connectivity index (χ4n) is 2.25. The predicted molar refractivity (Wildman–Crippen MR) is 63.3 cm³/mol. The molecule has 0 aliphatic heterocycles. The molecule has 1 fully saturated rings. The number of aromatic nitrogens is 2. The molecular weight excluding hydrogens is 218 g/mol. The molecule has 1 aliphatic carbocycles. The van der Waals surface area contributed by atoms with Gasteiger partial charge in [0.25, 0.3) is 0 Å². The molecule has 0 spiro atoms. The Balaban J connectivity index is 1.75. The van der Waals surface area contributed by atoms with E-state index in [1.54, 1.807) is 23.1 Å². The Bertz CT molecular complexity index is 356. The zero-order valence-electron chi connectivity index (χ0n) is 9.93. The van der Waals surface area contributed by atoms with Gasteiger partial charge in [0.2, 0.25) is 5.91 Å². The first-order valence-corrected chi connectivity index (χ1v) is 6.14. The van der Waals surface area contributed by atoms with Gasteiger partial charge in [0, 0.05) is 18.9 Å². The van der Waals surface area contributed by atoms with Crippen LogP contribution in [-0.4, -0.2) is 32.9 Å². The molecule has 1 aromatic rings. The van der Waals surface area contributed by atoms with E-state index >= 15 is 0 Å². The van der Waals surface area contributed by atoms with Crippen LogP contribution in [0.5, 0.6) is 0 Å². The van der Waals surface area contributed by atoms with Crippen molar-refractivity contribution < 1.29 is 9.90 Å². The van der Waals surface area contributed by atoms with Crippen molar-refractivity contribution in [3.05, 3.63) is 18.5 Å². The summed E-state index contributed by atoms with van der Waals surface area (Å²) >= 11 is 0. The first-order chi connectivity index (χ1) is 8.18. The lowest BCUT2D eigenvalue weighted by Crippen LogP contribution is -2.45. The molecule has 0 radical (unpaired) electrons. The Morgan fingerprint density at radius 2 is 2.18 bits per heavy atom. The summed E-state index contributed by atoms with van der Waals surface area (Å²) in [6.45, 7) is 0.566. The van der Waals surface area contributed by atoms with Crippen LogP contribution in [0.2, 0.25) is 0 Å². The molecular formula is C12H19N3O2. The Morgan fingerprint density at radius 3 is 2.82 bits per heavy atom. The van der Waals surface area contributed by atoms with E-state index in [0.717, 1.165) is 25.7 Å². The van der Waals surface area contributed by atoms with Crippen LogP contribution in [0.3, 0.4) is 0 Å². The van der Waals surface area contributed by atoms with Crippen LogP contribution in [0.25, 0.3) is 0 Å². The highest BCUT2D eigenvalue weighted by Gasteiger charge is 2.29. The lowest BCUT2D eigenvalue weighted by molar-refractivity contribution is -0.123. The number of rotatable bonds is 4. The number of nitrogens with one attached hydrogen (secondary N) is 1. The van der Waals surface area contributed by atoms with Crippen molar-refractivity contribution in [1.29, 1.82) is 0 Å². The number of amides is 1. The van der Waals surface area contributed by atoms with Gasteiger partial charge >= 0.3 is 0 Å². The molecule has 0 bridgehead atoms. The van der Waals surface area contributed by atoms with Gasteiger partial charge in [0.1, 0.15) is 6.54 Å². The second-order valence-electron chi connectivity index (χ2n) is 4.77. The van der Waals surface area contributed by atoms with E-state index in [9.17, 15) is 9.90 Å². The SMILES string of the molecule is O=C(Cn1cccn1)NCC1(O)CCCCC1. The Kier molecular flexibility index (Phi) is 3.78. The second kappa shape index (κ2) is 5.31. The maximum atomic E-state index is 11.6. The zero-order chi connectivity index (χ0) is 12.1. The highest BCUT2D eigenvalue weighted by Crippen LogP contribution is 2.27. The van der Waals surface area contributed by atoms with Crippen LogP contribution in [0.1, 0.15) is 32.1 Å². The van der Waals surface area contributed by atoms with Crippen LogP contribution in [0, 0.1) is 0 Å². The predicted octanol–water partition coefficient (Wildman–Crippen LogP) is 0.694. The van der Waals surface area contributed by atoms with Gasteiger partial charge in [-0.1, -0.05) is 19.3 Å². The van der Waals surface area contributed by atoms with Gasteiger partial charge in [0.05, 0.1) is 5.60 Å². The van der Waals surface area contributed by atoms with Gasteiger partial charge in [-0.2, -0.15) is 5.10 Å². The van der Waals surface area contributed by atoms with Crippen LogP contribution in [0.4, 0.5) is 0 Å². The van der Waals surface area contributed by atoms with Gasteiger partial charge in [-0.05, 0) is 18.9 Å². The first kappa shape index (κ1) is 12.1. The molecule has 17 heavy (non-hydrogen) atoms. The van der Waals surface area contributed by atoms with Crippen molar-refractivity contribution >= 4 is 5.91 Å². The number of carbonyl (C=O) groups is 1. The van der Waals surface area contributed by atoms with Crippen molar-refractivity contribution in [2.45, 2.75) is 44.2 Å². The molecule has 0 saturated heterocycles. The van der Waals surface area contributed by atoms with E-state index in [1.807, 2.05) is 0 Å². The topological polar surface area (TPSA) is 67.2 Å². The standard InChI is InChI=1S/C12H19N3O2/c16-11(9-15-8-4-7-14-15)13-10-12(17)5-2-1-3-6-12/h4,7-8,17H,1-3,5-6,9-10H2,(H,13,16). The zero-order valence-corrected chi connectivity index (χ0v) is 9.93. The van der Waals surface area contributed by atoms with E-state index < -0.39 is 5.60 Å². The number of carbonyl (C=O) groups excluding carboxylic acids is 1. The highest BCUT2D eigenvalue weighted by molar-refractivity contribution is 5.75. The summed E-state index contributed by atoms with van der Waals surface area (Å²) in [6.07, 6.45) is 8.24. The molecule has 94 valence electrons. The monoisotopic (exact) mass is 237 g/mol. The van der Waals surface area contributed by atoms with Gasteiger partial charge in [0.15, 0.2) is 0 Å². The molecule has 1 amide bonds. The molecule has 2 N–H and O–H groups in total. The van der Waals surface area contributed by atoms with Crippen LogP contribution in [-0.2, 0) is 11.3 Å². The number of hydrogen-bond acceptors (Lipinski definition) is 3. The van der Waals surface area contributed by atoms with Gasteiger partial charge in [-0.25, -0.2) is 0 Å². The summed E-state index contributed by atoms with van der Waals surface area (Å²) in [5, 5.41) is 17.0. The van der Waals surface area contributed by atoms with E-state index in [4.69, 9.17) is 0 Å². The van der Waals surface area contributed by atoms with Crippen molar-refractivity contribution in [2.75, 3.05) is 6.54 Å². The van der Waals surface area contributed by atoms with Gasteiger partial charge in [-0.15, -0.1) is 0 Å². The molecule has 0 unspecified atom stereocenters. The normalized spacial score (nSPS) is 18.9. The molecule has 1 heterocycles. The summed E-state index contributed by atoms with van der Waals surface area (Å²) in [5.41, 5.74) is -0.696. The van der Waals surface area contributed by atoms with E-state index in [1.165, 1.54) is 6.42 Å². The van der Waals surface area contributed by atoms with Crippen LogP contribution >= 0.6 is 0 Å². The van der Waals surface area contributed by atoms with Gasteiger partial charge in [-0.3, -0.25) is 9.48 Å². The maximum absolute atomic E-state index is 11.6. The quantitative estimate of drug-likeness (QED) is 0.810. The van der Waals surface area contributed by atoms with Crippen LogP contribution in [0.15, 0.2) is 18.5 Å². The molecule has 1 aromatic heterocycles. The van der Waals surface area contributed by atoms with Crippen molar-refractivity contribution in [3.63, 3.8) is 0 Å². The highest BCUT2D eigenvalue weighted by atomic mass is 16.3. The van der Waals surface area contributed by atoms with Crippen LogP contribution < -0.4 is 5.32 Å². The minimum absolute atomic E-state index is 0.104. The average Bonchev–Trinajstić information content (AvgIpc) is 2.80. The molecule has 5 heteroatoms. The minimum Gasteiger partial charge on any atom is -0.388 e. The Morgan fingerprint density at radius 1 is 1.41 bits per heavy atom. The van der Waals surface area contributed by atoms with Crippen molar-refractivity contribution in [3.8, 4) is 0 Å². The van der Waals surface area contributed by atoms with Crippen molar-refractivity contribution in [2.24, 2.45) is 0 Å². The van der Waals surface area contributed by atoms with E-state index in [2.05, 4.69) is 10.4 Å². The smallest absolute Gasteiger partial charge is 0.241 e. The summed E-state index contributed by atoms with van der Waals surface area (Å²) in [7, 11) is 0. The number of aliphatic hydroxyl groups is 1. The largest absolute Gasteiger partial charge is 0.388 e. The summed E-state index contributed by atoms with van der Waals surface area (Å²) in [5.74, 6) is -0.104. The van der Waals surface area contributed by atoms with E-state index in [-0.39, 0.29) is 12.5 Å². The van der Waals surface area contributed by atoms with Gasteiger partial charge < -0.3 is 10.4 Å². The molecule has 1 saturated carbocycles. The Labute approximate surface area is 101 Å². The second-order valence-corrected chi connectivity index (χ2v) is 4.77. The molecule has 5 nitrogen and oxygen atoms in total. The third-order valence-electron chi connectivity index (χ3n) is 3.26. The Hall–Kier alpha value is -1.36. The number of nitrogens with zero attached hydrogens (tertiary/aromatic N) is 2. The lowest BCUT2D eigenvalue weighted by atomic mass is 9.85. The third kappa shape index (κ3) is 3.56. The molecule has 0 aromatic carbocycles. The lowest BCUT2D eigenvalue weighted by Gasteiger charge is -2.32. The number of hydrogen-bond donors (Lipinski definition) is 2. The molecule has 0 atom stereocenters. The maximum Gasteiger partial charge on any atom is 0.241 e. The summed E-state index contributed by atoms with van der Waals surface area (Å²) in [4.78, 5) is 11.6. The summed E-state index contributed by atoms with van der Waals surface area (Å²) < 4.78 is 1.57. The first-order valence-electron chi connectivity index (χ1n) is 6.14. The molecule has 2 rings (SSSR count). The van der Waals surface area contributed by atoms with E-state index in [0.29, 0.717) is 6.54 Å². The fourth-order valence-corrected chi connectivity index (χ4v) is 2.25. The average molecular weight is 237 g/mol. The summed E-state index contributed by atoms with van der Waals surface area (Å²) in [6, 6.07) is 1.78. The fraction of sp³-hybridized carbons (Fsp3) is 0.667. The van der Waals surface area contributed by atoms with Crippen molar-refractivity contribution in [1.82, 2.24) is 15.1 Å². The third-order valence-corrected chi connectivity index (χ3v) is 3.26. The molecule has 1 aliphatic rings.